The van der Waals surface area contributed by atoms with E-state index >= 15 is 0 Å². The number of aromatic amines is 1. The number of amides is 1. The second-order valence-electron chi connectivity index (χ2n) is 17.8. The highest BCUT2D eigenvalue weighted by molar-refractivity contribution is 7.90. The molecule has 1 atom stereocenters. The molecule has 65 heavy (non-hydrogen) atoms. The molecule has 17 heteroatoms. The molecule has 5 heterocycles. The smallest absolute Gasteiger partial charge is 0.293 e. The molecule has 4 aliphatic rings. The van der Waals surface area contributed by atoms with Gasteiger partial charge in [0.2, 0.25) is 5.88 Å². The number of nitrogens with zero attached hydrogens (tertiary/aromatic N) is 4. The van der Waals surface area contributed by atoms with Crippen molar-refractivity contribution in [2.45, 2.75) is 57.0 Å². The molecule has 5 aromatic rings. The Morgan fingerprint density at radius 3 is 2.60 bits per heavy atom. The summed E-state index contributed by atoms with van der Waals surface area (Å²) in [5.41, 5.74) is 7.85. The van der Waals surface area contributed by atoms with Crippen molar-refractivity contribution in [3.8, 4) is 5.88 Å². The lowest BCUT2D eigenvalue weighted by atomic mass is 9.72. The number of hydrogen-bond donors (Lipinski definition) is 3. The summed E-state index contributed by atoms with van der Waals surface area (Å²) in [4.78, 5) is 37.7. The molecule has 0 spiro atoms. The van der Waals surface area contributed by atoms with Crippen LogP contribution >= 0.6 is 11.6 Å². The molecule has 3 aliphatic heterocycles. The van der Waals surface area contributed by atoms with Crippen LogP contribution in [0.4, 0.5) is 22.7 Å². The predicted octanol–water partition coefficient (Wildman–Crippen LogP) is 8.74. The molecule has 1 amide bonds. The number of carbonyl (C=O) groups excluding carboxylic acids is 1. The zero-order valence-corrected chi connectivity index (χ0v) is 38.0. The summed E-state index contributed by atoms with van der Waals surface area (Å²) < 4.78 is 47.2. The number of allylic oxidation sites excluding steroid dienone is 1. The van der Waals surface area contributed by atoms with E-state index in [0.29, 0.717) is 62.3 Å². The number of fused-ring (bicyclic) bond motifs is 2. The Kier molecular flexibility index (Phi) is 12.7. The van der Waals surface area contributed by atoms with E-state index < -0.39 is 31.4 Å². The first kappa shape index (κ1) is 44.4. The number of aromatic nitrogens is 2. The average Bonchev–Trinajstić information content (AvgIpc) is 3.66. The maximum Gasteiger partial charge on any atom is 0.293 e. The normalized spacial score (nSPS) is 19.2. The minimum absolute atomic E-state index is 0.0988. The van der Waals surface area contributed by atoms with E-state index in [2.05, 4.69) is 52.0 Å². The Hall–Kier alpha value is -5.78. The summed E-state index contributed by atoms with van der Waals surface area (Å²) in [5.74, 6) is -0.506. The highest BCUT2D eigenvalue weighted by atomic mass is 35.5. The lowest BCUT2D eigenvalue weighted by Gasteiger charge is -2.36. The SMILES string of the molecule is CC1(C)CCC(CN2CC=C(c3ccc(C(=O)NS(=O)(=O)c4ccc(NC[C@@H]5COCCO5)c([N+](=O)[O-])c4)c(N4CCCOc5nc6[nH]ccc6cc54)c3)CC2)=C(c2ccc(Cl)cc2)C1. The van der Waals surface area contributed by atoms with Gasteiger partial charge in [0.15, 0.2) is 0 Å². The third-order valence-electron chi connectivity index (χ3n) is 12.6. The summed E-state index contributed by atoms with van der Waals surface area (Å²) in [7, 11) is -4.59. The highest BCUT2D eigenvalue weighted by Gasteiger charge is 2.31. The zero-order valence-electron chi connectivity index (χ0n) is 36.4. The Bertz CT molecular complexity index is 2800. The number of H-pyrrole nitrogens is 1. The fourth-order valence-electron chi connectivity index (χ4n) is 9.11. The third-order valence-corrected chi connectivity index (χ3v) is 14.2. The fourth-order valence-corrected chi connectivity index (χ4v) is 10.2. The van der Waals surface area contributed by atoms with E-state index in [1.807, 2.05) is 41.3 Å². The van der Waals surface area contributed by atoms with Gasteiger partial charge in [-0.25, -0.2) is 13.1 Å². The molecule has 0 unspecified atom stereocenters. The molecule has 1 aliphatic carbocycles. The molecule has 340 valence electrons. The lowest BCUT2D eigenvalue weighted by molar-refractivity contribution is -0.384. The van der Waals surface area contributed by atoms with Crippen molar-refractivity contribution in [2.75, 3.05) is 69.4 Å². The van der Waals surface area contributed by atoms with E-state index in [-0.39, 0.29) is 29.3 Å². The minimum atomic E-state index is -4.59. The highest BCUT2D eigenvalue weighted by Crippen LogP contribution is 2.44. The number of nitrogens with one attached hydrogen (secondary N) is 3. The topological polar surface area (TPSA) is 181 Å². The fraction of sp³-hybridized carbons (Fsp3) is 0.375. The average molecular weight is 923 g/mol. The lowest BCUT2D eigenvalue weighted by Crippen LogP contribution is -2.34. The first-order chi connectivity index (χ1) is 31.3. The van der Waals surface area contributed by atoms with Crippen LogP contribution in [0, 0.1) is 15.5 Å². The number of sulfonamides is 1. The Labute approximate surface area is 383 Å². The largest absolute Gasteiger partial charge is 0.476 e. The molecule has 15 nitrogen and oxygen atoms in total. The maximum atomic E-state index is 14.4. The van der Waals surface area contributed by atoms with Crippen LogP contribution in [0.25, 0.3) is 22.2 Å². The summed E-state index contributed by atoms with van der Waals surface area (Å²) in [6.07, 6.45) is 8.26. The first-order valence-electron chi connectivity index (χ1n) is 22.0. The monoisotopic (exact) mass is 921 g/mol. The number of nitro groups is 1. The standard InChI is InChI=1S/C48H52ClN7O8S/c1-48(2)16-12-35(40(27-48)32-4-7-36(49)8-5-32)29-54-19-14-31(15-20-54)33-6-10-39(42(24-33)55-18-3-21-64-47-44(55)25-34-13-17-50-45(34)52-47)46(57)53-65(60,61)38-9-11-41(43(26-38)56(58)59)51-28-37-30-62-22-23-63-37/h4-11,13-14,17,24-26,37,51H,3,12,15-16,18-23,27-30H2,1-2H3,(H,50,52)(H,53,57)/t37-/m1/s1. The number of carbonyl (C=O) groups is 1. The predicted molar refractivity (Wildman–Crippen MR) is 251 cm³/mol. The van der Waals surface area contributed by atoms with Crippen LogP contribution in [0.15, 0.2) is 95.5 Å². The van der Waals surface area contributed by atoms with Crippen molar-refractivity contribution in [1.82, 2.24) is 19.6 Å². The summed E-state index contributed by atoms with van der Waals surface area (Å²) >= 11 is 6.27. The maximum absolute atomic E-state index is 14.4. The first-order valence-corrected chi connectivity index (χ1v) is 23.9. The number of anilines is 3. The van der Waals surface area contributed by atoms with Gasteiger partial charge in [-0.1, -0.05) is 55.3 Å². The molecule has 0 saturated carbocycles. The van der Waals surface area contributed by atoms with Crippen LogP contribution in [0.2, 0.25) is 5.02 Å². The number of hydrogen-bond acceptors (Lipinski definition) is 12. The van der Waals surface area contributed by atoms with Gasteiger partial charge < -0.3 is 29.4 Å². The molecule has 2 aromatic heterocycles. The van der Waals surface area contributed by atoms with Gasteiger partial charge in [-0.2, -0.15) is 4.98 Å². The number of ether oxygens (including phenoxy) is 3. The van der Waals surface area contributed by atoms with Gasteiger partial charge in [0.1, 0.15) is 17.0 Å². The van der Waals surface area contributed by atoms with E-state index in [4.69, 9.17) is 30.8 Å². The molecular weight excluding hydrogens is 870 g/mol. The molecule has 1 fully saturated rings. The molecular formula is C48H52ClN7O8S. The van der Waals surface area contributed by atoms with Crippen molar-refractivity contribution >= 4 is 72.5 Å². The van der Waals surface area contributed by atoms with Crippen molar-refractivity contribution < 1.29 is 32.3 Å². The van der Waals surface area contributed by atoms with Gasteiger partial charge in [-0.15, -0.1) is 0 Å². The van der Waals surface area contributed by atoms with Crippen LogP contribution < -0.4 is 19.7 Å². The number of nitro benzene ring substituents is 1. The molecule has 3 aromatic carbocycles. The van der Waals surface area contributed by atoms with Crippen LogP contribution in [-0.4, -0.2) is 99.4 Å². The van der Waals surface area contributed by atoms with Crippen LogP contribution in [0.5, 0.6) is 5.88 Å². The number of pyridine rings is 1. The van der Waals surface area contributed by atoms with Crippen molar-refractivity contribution in [1.29, 1.82) is 0 Å². The van der Waals surface area contributed by atoms with Gasteiger partial charge in [-0.05, 0) is 108 Å². The Morgan fingerprint density at radius 1 is 1.00 bits per heavy atom. The molecule has 0 bridgehead atoms. The number of rotatable bonds is 12. The summed E-state index contributed by atoms with van der Waals surface area (Å²) in [6, 6.07) is 21.0. The van der Waals surface area contributed by atoms with Crippen molar-refractivity contribution in [3.63, 3.8) is 0 Å². The van der Waals surface area contributed by atoms with E-state index in [1.165, 1.54) is 28.8 Å². The summed E-state index contributed by atoms with van der Waals surface area (Å²) in [5, 5.41) is 16.7. The molecule has 1 saturated heterocycles. The molecule has 9 rings (SSSR count). The van der Waals surface area contributed by atoms with Crippen molar-refractivity contribution in [2.24, 2.45) is 5.41 Å². The number of benzene rings is 3. The zero-order chi connectivity index (χ0) is 45.3. The van der Waals surface area contributed by atoms with Crippen LogP contribution in [-0.2, 0) is 19.5 Å². The Balaban J connectivity index is 1.01. The van der Waals surface area contributed by atoms with Gasteiger partial charge in [0.05, 0.1) is 53.6 Å². The van der Waals surface area contributed by atoms with Crippen LogP contribution in [0.3, 0.4) is 0 Å². The van der Waals surface area contributed by atoms with E-state index in [1.54, 1.807) is 12.3 Å². The van der Waals surface area contributed by atoms with Gasteiger partial charge >= 0.3 is 0 Å². The summed E-state index contributed by atoms with van der Waals surface area (Å²) in [6.45, 7) is 9.38. The second kappa shape index (κ2) is 18.6. The quantitative estimate of drug-likeness (QED) is 0.0801. The van der Waals surface area contributed by atoms with E-state index in [9.17, 15) is 23.3 Å². The second-order valence-corrected chi connectivity index (χ2v) is 19.9. The van der Waals surface area contributed by atoms with Gasteiger partial charge in [0.25, 0.3) is 21.6 Å². The van der Waals surface area contributed by atoms with E-state index in [0.717, 1.165) is 72.9 Å². The van der Waals surface area contributed by atoms with Crippen LogP contribution in [0.1, 0.15) is 67.4 Å². The van der Waals surface area contributed by atoms with Crippen molar-refractivity contribution in [3.05, 3.63) is 122 Å². The third kappa shape index (κ3) is 9.92. The molecule has 0 radical (unpaired) electrons. The number of halogens is 1. The van der Waals surface area contributed by atoms with Gasteiger partial charge in [-0.3, -0.25) is 19.8 Å². The Morgan fingerprint density at radius 2 is 1.83 bits per heavy atom. The van der Waals surface area contributed by atoms with Gasteiger partial charge in [0, 0.05) is 55.4 Å². The minimum Gasteiger partial charge on any atom is -0.476 e. The molecule has 3 N–H and O–H groups in total.